The molecule has 0 N–H and O–H groups in total. The van der Waals surface area contributed by atoms with Crippen LogP contribution in [0.3, 0.4) is 0 Å². The van der Waals surface area contributed by atoms with Crippen LogP contribution < -0.4 is 0 Å². The summed E-state index contributed by atoms with van der Waals surface area (Å²) < 4.78 is 13.4. The third-order valence-electron chi connectivity index (χ3n) is 5.86. The van der Waals surface area contributed by atoms with Crippen LogP contribution in [0.5, 0.6) is 0 Å². The van der Waals surface area contributed by atoms with Crippen molar-refractivity contribution in [3.05, 3.63) is 75.6 Å². The molecular weight excluding hydrogens is 385 g/mol. The zero-order valence-electron chi connectivity index (χ0n) is 17.6. The van der Waals surface area contributed by atoms with Gasteiger partial charge in [0.1, 0.15) is 5.82 Å². The highest BCUT2D eigenvalue weighted by Crippen LogP contribution is 2.35. The topological polar surface area (TPSA) is 66.7 Å². The largest absolute Gasteiger partial charge is 0.340 e. The summed E-state index contributed by atoms with van der Waals surface area (Å²) in [7, 11) is 0. The van der Waals surface area contributed by atoms with Crippen LogP contribution in [0.25, 0.3) is 0 Å². The first-order valence-electron chi connectivity index (χ1n) is 10.2. The first-order valence-corrected chi connectivity index (χ1v) is 10.2. The van der Waals surface area contributed by atoms with E-state index < -0.39 is 0 Å². The zero-order chi connectivity index (χ0) is 21.8. The van der Waals surface area contributed by atoms with Crippen LogP contribution in [0.15, 0.2) is 48.5 Å². The Morgan fingerprint density at radius 2 is 1.87 bits per heavy atom. The summed E-state index contributed by atoms with van der Waals surface area (Å²) in [4.78, 5) is 27.2. The average Bonchev–Trinajstić information content (AvgIpc) is 3.08. The van der Waals surface area contributed by atoms with Crippen molar-refractivity contribution in [1.82, 2.24) is 9.80 Å². The minimum absolute atomic E-state index is 0.0278. The van der Waals surface area contributed by atoms with E-state index >= 15 is 0 Å². The second-order valence-electron chi connectivity index (χ2n) is 8.26. The number of hydrogen-bond acceptors (Lipinski definition) is 4. The molecule has 1 saturated heterocycles. The van der Waals surface area contributed by atoms with Gasteiger partial charge in [0.25, 0.3) is 5.69 Å². The van der Waals surface area contributed by atoms with E-state index in [1.807, 2.05) is 24.8 Å². The Kier molecular flexibility index (Phi) is 6.82. The minimum atomic E-state index is -0.351. The van der Waals surface area contributed by atoms with E-state index in [2.05, 4.69) is 4.90 Å². The predicted molar refractivity (Wildman–Crippen MR) is 114 cm³/mol. The van der Waals surface area contributed by atoms with Crippen molar-refractivity contribution in [2.45, 2.75) is 39.3 Å². The number of benzene rings is 2. The quantitative estimate of drug-likeness (QED) is 0.504. The number of nitrogens with zero attached hydrogens (tertiary/aromatic N) is 3. The van der Waals surface area contributed by atoms with E-state index in [9.17, 15) is 19.3 Å². The number of rotatable bonds is 7. The summed E-state index contributed by atoms with van der Waals surface area (Å²) in [6.07, 6.45) is 0. The van der Waals surface area contributed by atoms with Crippen molar-refractivity contribution in [3.8, 4) is 0 Å². The van der Waals surface area contributed by atoms with Gasteiger partial charge in [-0.15, -0.1) is 0 Å². The maximum atomic E-state index is 13.4. The molecule has 1 aliphatic heterocycles. The van der Waals surface area contributed by atoms with Gasteiger partial charge >= 0.3 is 0 Å². The molecule has 1 heterocycles. The van der Waals surface area contributed by atoms with E-state index in [1.54, 1.807) is 31.2 Å². The standard InChI is InChI=1S/C23H28FN3O3/c1-16(2)26(17(3)28)14-20-13-25(12-19-6-4-5-7-23(19)27(29)30)15-22(20)18-8-10-21(24)11-9-18/h4-11,16,20,22H,12-15H2,1-3H3/t20-,22-/m1/s1. The van der Waals surface area contributed by atoms with Crippen LogP contribution in [-0.4, -0.2) is 46.3 Å². The smallest absolute Gasteiger partial charge is 0.273 e. The Labute approximate surface area is 176 Å². The van der Waals surface area contributed by atoms with Crippen molar-refractivity contribution in [2.24, 2.45) is 5.92 Å². The van der Waals surface area contributed by atoms with Gasteiger partial charge in [-0.2, -0.15) is 0 Å². The Bertz CT molecular complexity index is 901. The molecule has 3 rings (SSSR count). The maximum Gasteiger partial charge on any atom is 0.273 e. The highest BCUT2D eigenvalue weighted by molar-refractivity contribution is 5.73. The SMILES string of the molecule is CC(=O)N(C[C@H]1CN(Cc2ccccc2[N+](=O)[O-])C[C@@H]1c1ccc(F)cc1)C(C)C. The Hall–Kier alpha value is -2.80. The summed E-state index contributed by atoms with van der Waals surface area (Å²) in [6.45, 7) is 8.04. The average molecular weight is 413 g/mol. The van der Waals surface area contributed by atoms with Crippen LogP contribution >= 0.6 is 0 Å². The van der Waals surface area contributed by atoms with Crippen LogP contribution in [0.4, 0.5) is 10.1 Å². The van der Waals surface area contributed by atoms with Crippen molar-refractivity contribution in [3.63, 3.8) is 0 Å². The van der Waals surface area contributed by atoms with Gasteiger partial charge in [0.2, 0.25) is 5.91 Å². The molecule has 160 valence electrons. The van der Waals surface area contributed by atoms with Gasteiger partial charge in [0, 0.05) is 56.7 Å². The molecule has 2 aromatic rings. The van der Waals surface area contributed by atoms with E-state index in [1.165, 1.54) is 18.2 Å². The van der Waals surface area contributed by atoms with Gasteiger partial charge in [-0.25, -0.2) is 4.39 Å². The number of carbonyl (C=O) groups is 1. The van der Waals surface area contributed by atoms with Crippen molar-refractivity contribution in [1.29, 1.82) is 0 Å². The monoisotopic (exact) mass is 413 g/mol. The summed E-state index contributed by atoms with van der Waals surface area (Å²) in [5, 5.41) is 11.4. The van der Waals surface area contributed by atoms with Gasteiger partial charge in [0.05, 0.1) is 4.92 Å². The molecule has 0 radical (unpaired) electrons. The molecule has 0 spiro atoms. The molecule has 1 amide bonds. The summed E-state index contributed by atoms with van der Waals surface area (Å²) in [5.41, 5.74) is 1.82. The summed E-state index contributed by atoms with van der Waals surface area (Å²) in [5.74, 6) is 0.0242. The predicted octanol–water partition coefficient (Wildman–Crippen LogP) is 4.21. The molecule has 0 aromatic heterocycles. The fourth-order valence-corrected chi connectivity index (χ4v) is 4.38. The molecule has 6 nitrogen and oxygen atoms in total. The lowest BCUT2D eigenvalue weighted by molar-refractivity contribution is -0.385. The van der Waals surface area contributed by atoms with Gasteiger partial charge in [-0.05, 0) is 37.5 Å². The number of halogens is 1. The van der Waals surface area contributed by atoms with E-state index in [0.717, 1.165) is 5.56 Å². The van der Waals surface area contributed by atoms with Gasteiger partial charge in [0.15, 0.2) is 0 Å². The lowest BCUT2D eigenvalue weighted by atomic mass is 9.88. The number of para-hydroxylation sites is 1. The molecule has 2 aromatic carbocycles. The van der Waals surface area contributed by atoms with Gasteiger partial charge in [-0.1, -0.05) is 30.3 Å². The molecule has 1 aliphatic rings. The number of nitro benzene ring substituents is 1. The second-order valence-corrected chi connectivity index (χ2v) is 8.26. The molecule has 30 heavy (non-hydrogen) atoms. The number of amides is 1. The fraction of sp³-hybridized carbons (Fsp3) is 0.435. The molecule has 0 bridgehead atoms. The van der Waals surface area contributed by atoms with Crippen molar-refractivity contribution in [2.75, 3.05) is 19.6 Å². The fourth-order valence-electron chi connectivity index (χ4n) is 4.38. The molecular formula is C23H28FN3O3. The van der Waals surface area contributed by atoms with Crippen LogP contribution in [0.2, 0.25) is 0 Å². The Balaban J connectivity index is 1.85. The third-order valence-corrected chi connectivity index (χ3v) is 5.86. The highest BCUT2D eigenvalue weighted by atomic mass is 19.1. The number of nitro groups is 1. The van der Waals surface area contributed by atoms with Gasteiger partial charge in [-0.3, -0.25) is 19.8 Å². The Morgan fingerprint density at radius 3 is 2.47 bits per heavy atom. The normalized spacial score (nSPS) is 19.2. The third kappa shape index (κ3) is 5.02. The summed E-state index contributed by atoms with van der Waals surface area (Å²) in [6, 6.07) is 13.4. The number of likely N-dealkylation sites (tertiary alicyclic amines) is 1. The minimum Gasteiger partial charge on any atom is -0.340 e. The first kappa shape index (κ1) is 21.9. The maximum absolute atomic E-state index is 13.4. The molecule has 1 fully saturated rings. The lowest BCUT2D eigenvalue weighted by Crippen LogP contribution is -2.40. The van der Waals surface area contributed by atoms with Crippen molar-refractivity contribution >= 4 is 11.6 Å². The first-order chi connectivity index (χ1) is 14.3. The highest BCUT2D eigenvalue weighted by Gasteiger charge is 2.36. The van der Waals surface area contributed by atoms with Crippen LogP contribution in [0.1, 0.15) is 37.8 Å². The molecule has 2 atom stereocenters. The number of hydrogen-bond donors (Lipinski definition) is 0. The summed E-state index contributed by atoms with van der Waals surface area (Å²) >= 11 is 0. The van der Waals surface area contributed by atoms with Crippen LogP contribution in [-0.2, 0) is 11.3 Å². The molecule has 0 saturated carbocycles. The second kappa shape index (κ2) is 9.34. The molecule has 7 heteroatoms. The number of carbonyl (C=O) groups excluding carboxylic acids is 1. The van der Waals surface area contributed by atoms with Crippen molar-refractivity contribution < 1.29 is 14.1 Å². The lowest BCUT2D eigenvalue weighted by Gasteiger charge is -2.30. The van der Waals surface area contributed by atoms with E-state index in [-0.39, 0.29) is 40.2 Å². The van der Waals surface area contributed by atoms with E-state index in [4.69, 9.17) is 0 Å². The zero-order valence-corrected chi connectivity index (χ0v) is 17.6. The van der Waals surface area contributed by atoms with Crippen LogP contribution in [0, 0.1) is 21.8 Å². The van der Waals surface area contributed by atoms with Gasteiger partial charge < -0.3 is 4.90 Å². The molecule has 0 aliphatic carbocycles. The molecule has 0 unspecified atom stereocenters. The van der Waals surface area contributed by atoms with E-state index in [0.29, 0.717) is 31.7 Å². The Morgan fingerprint density at radius 1 is 1.20 bits per heavy atom.